The second kappa shape index (κ2) is 3.95. The molecule has 0 amide bonds. The molecular formula is C12H11NOS. The number of benzene rings is 1. The molecule has 2 rings (SSSR count). The van der Waals surface area contributed by atoms with Crippen molar-refractivity contribution >= 4 is 17.1 Å². The summed E-state index contributed by atoms with van der Waals surface area (Å²) in [5.41, 5.74) is 3.15. The van der Waals surface area contributed by atoms with Gasteiger partial charge in [0.1, 0.15) is 0 Å². The molecule has 0 spiro atoms. The zero-order valence-corrected chi connectivity index (χ0v) is 9.47. The van der Waals surface area contributed by atoms with Crippen molar-refractivity contribution in [3.05, 3.63) is 40.2 Å². The van der Waals surface area contributed by atoms with Crippen LogP contribution in [0.25, 0.3) is 11.3 Å². The molecule has 0 radical (unpaired) electrons. The number of ketones is 1. The van der Waals surface area contributed by atoms with E-state index in [1.165, 1.54) is 16.9 Å². The number of carbonyl (C=O) groups is 1. The number of hydrogen-bond donors (Lipinski definition) is 0. The molecule has 1 aromatic heterocycles. The molecule has 1 aromatic carbocycles. The van der Waals surface area contributed by atoms with Crippen LogP contribution in [0, 0.1) is 6.92 Å². The Balaban J connectivity index is 2.41. The largest absolute Gasteiger partial charge is 0.292 e. The standard InChI is InChI=1S/C12H11NOS/c1-8-4-3-5-10(6-8)11-7-15-12(13-11)9(2)14/h3-7H,1-2H3. The molecule has 3 heteroatoms. The third-order valence-corrected chi connectivity index (χ3v) is 3.06. The maximum Gasteiger partial charge on any atom is 0.188 e. The number of thiazole rings is 1. The fourth-order valence-corrected chi connectivity index (χ4v) is 2.10. The highest BCUT2D eigenvalue weighted by Crippen LogP contribution is 2.22. The quantitative estimate of drug-likeness (QED) is 0.722. The molecule has 0 atom stereocenters. The first-order chi connectivity index (χ1) is 7.16. The summed E-state index contributed by atoms with van der Waals surface area (Å²) < 4.78 is 0. The smallest absolute Gasteiger partial charge is 0.188 e. The van der Waals surface area contributed by atoms with E-state index in [4.69, 9.17) is 0 Å². The van der Waals surface area contributed by atoms with Crippen molar-refractivity contribution in [2.24, 2.45) is 0 Å². The molecule has 0 aliphatic carbocycles. The van der Waals surface area contributed by atoms with Gasteiger partial charge in [-0.05, 0) is 13.0 Å². The van der Waals surface area contributed by atoms with Gasteiger partial charge in [-0.3, -0.25) is 4.79 Å². The van der Waals surface area contributed by atoms with Crippen molar-refractivity contribution in [3.8, 4) is 11.3 Å². The van der Waals surface area contributed by atoms with Crippen LogP contribution < -0.4 is 0 Å². The molecule has 0 aliphatic rings. The molecule has 0 N–H and O–H groups in total. The van der Waals surface area contributed by atoms with Gasteiger partial charge in [-0.2, -0.15) is 0 Å². The summed E-state index contributed by atoms with van der Waals surface area (Å²) in [6, 6.07) is 8.12. The number of carbonyl (C=O) groups excluding carboxylic acids is 1. The zero-order chi connectivity index (χ0) is 10.8. The molecular weight excluding hydrogens is 206 g/mol. The molecule has 2 nitrogen and oxygen atoms in total. The number of Topliss-reactive ketones (excluding diaryl/α,β-unsaturated/α-hetero) is 1. The van der Waals surface area contributed by atoms with Crippen LogP contribution in [-0.4, -0.2) is 10.8 Å². The summed E-state index contributed by atoms with van der Waals surface area (Å²) in [7, 11) is 0. The van der Waals surface area contributed by atoms with Gasteiger partial charge in [-0.1, -0.05) is 23.8 Å². The maximum absolute atomic E-state index is 11.1. The number of rotatable bonds is 2. The predicted octanol–water partition coefficient (Wildman–Crippen LogP) is 3.32. The van der Waals surface area contributed by atoms with Crippen molar-refractivity contribution < 1.29 is 4.79 Å². The van der Waals surface area contributed by atoms with Crippen molar-refractivity contribution in [3.63, 3.8) is 0 Å². The molecule has 0 saturated heterocycles. The maximum atomic E-state index is 11.1. The molecule has 2 aromatic rings. The summed E-state index contributed by atoms with van der Waals surface area (Å²) in [5, 5.41) is 2.50. The Kier molecular flexibility index (Phi) is 2.64. The van der Waals surface area contributed by atoms with Crippen LogP contribution in [0.4, 0.5) is 0 Å². The SMILES string of the molecule is CC(=O)c1nc(-c2cccc(C)c2)cs1. The minimum atomic E-state index is 0.0268. The van der Waals surface area contributed by atoms with E-state index in [-0.39, 0.29) is 5.78 Å². The Morgan fingerprint density at radius 2 is 2.20 bits per heavy atom. The van der Waals surface area contributed by atoms with E-state index >= 15 is 0 Å². The summed E-state index contributed by atoms with van der Waals surface area (Å²) >= 11 is 1.40. The molecule has 0 unspecified atom stereocenters. The normalized spacial score (nSPS) is 10.3. The summed E-state index contributed by atoms with van der Waals surface area (Å²) in [4.78, 5) is 15.4. The predicted molar refractivity (Wildman–Crippen MR) is 62.3 cm³/mol. The van der Waals surface area contributed by atoms with Crippen LogP contribution in [0.3, 0.4) is 0 Å². The van der Waals surface area contributed by atoms with Gasteiger partial charge in [-0.15, -0.1) is 11.3 Å². The third-order valence-electron chi connectivity index (χ3n) is 2.12. The van der Waals surface area contributed by atoms with Crippen molar-refractivity contribution in [2.75, 3.05) is 0 Å². The van der Waals surface area contributed by atoms with E-state index in [0.29, 0.717) is 5.01 Å². The molecule has 0 bridgehead atoms. The van der Waals surface area contributed by atoms with E-state index in [1.807, 2.05) is 30.5 Å². The third kappa shape index (κ3) is 2.13. The lowest BCUT2D eigenvalue weighted by Gasteiger charge is -1.97. The van der Waals surface area contributed by atoms with Crippen LogP contribution in [-0.2, 0) is 0 Å². The van der Waals surface area contributed by atoms with Gasteiger partial charge in [0.2, 0.25) is 0 Å². The minimum absolute atomic E-state index is 0.0268. The highest BCUT2D eigenvalue weighted by Gasteiger charge is 2.07. The lowest BCUT2D eigenvalue weighted by atomic mass is 10.1. The first kappa shape index (κ1) is 10.1. The Bertz CT molecular complexity index is 502. The highest BCUT2D eigenvalue weighted by atomic mass is 32.1. The van der Waals surface area contributed by atoms with Gasteiger partial charge in [0.05, 0.1) is 5.69 Å². The summed E-state index contributed by atoms with van der Waals surface area (Å²) in [6.45, 7) is 3.58. The highest BCUT2D eigenvalue weighted by molar-refractivity contribution is 7.12. The van der Waals surface area contributed by atoms with E-state index in [1.54, 1.807) is 6.92 Å². The van der Waals surface area contributed by atoms with Crippen molar-refractivity contribution in [1.82, 2.24) is 4.98 Å². The van der Waals surface area contributed by atoms with E-state index in [2.05, 4.69) is 11.1 Å². The van der Waals surface area contributed by atoms with Gasteiger partial charge in [0.15, 0.2) is 10.8 Å². The first-order valence-corrected chi connectivity index (χ1v) is 5.58. The number of aromatic nitrogens is 1. The van der Waals surface area contributed by atoms with Gasteiger partial charge in [0, 0.05) is 17.9 Å². The molecule has 1 heterocycles. The average molecular weight is 217 g/mol. The van der Waals surface area contributed by atoms with Crippen LogP contribution in [0.5, 0.6) is 0 Å². The zero-order valence-electron chi connectivity index (χ0n) is 8.65. The topological polar surface area (TPSA) is 30.0 Å². The van der Waals surface area contributed by atoms with Gasteiger partial charge < -0.3 is 0 Å². The minimum Gasteiger partial charge on any atom is -0.292 e. The summed E-state index contributed by atoms with van der Waals surface area (Å²) in [5.74, 6) is 0.0268. The number of nitrogens with zero attached hydrogens (tertiary/aromatic N) is 1. The first-order valence-electron chi connectivity index (χ1n) is 4.70. The van der Waals surface area contributed by atoms with Gasteiger partial charge in [0.25, 0.3) is 0 Å². The Hall–Kier alpha value is -1.48. The molecule has 15 heavy (non-hydrogen) atoms. The van der Waals surface area contributed by atoms with E-state index < -0.39 is 0 Å². The Labute approximate surface area is 92.6 Å². The van der Waals surface area contributed by atoms with E-state index in [0.717, 1.165) is 11.3 Å². The van der Waals surface area contributed by atoms with Crippen LogP contribution in [0.15, 0.2) is 29.6 Å². The van der Waals surface area contributed by atoms with Gasteiger partial charge in [-0.25, -0.2) is 4.98 Å². The van der Waals surface area contributed by atoms with Crippen molar-refractivity contribution in [2.45, 2.75) is 13.8 Å². The Morgan fingerprint density at radius 3 is 2.80 bits per heavy atom. The fraction of sp³-hybridized carbons (Fsp3) is 0.167. The monoisotopic (exact) mass is 217 g/mol. The van der Waals surface area contributed by atoms with Crippen LogP contribution in [0.2, 0.25) is 0 Å². The second-order valence-electron chi connectivity index (χ2n) is 3.46. The van der Waals surface area contributed by atoms with Crippen LogP contribution >= 0.6 is 11.3 Å². The molecule has 0 aliphatic heterocycles. The average Bonchev–Trinajstić information content (AvgIpc) is 2.66. The van der Waals surface area contributed by atoms with Gasteiger partial charge >= 0.3 is 0 Å². The Morgan fingerprint density at radius 1 is 1.40 bits per heavy atom. The summed E-state index contributed by atoms with van der Waals surface area (Å²) in [6.07, 6.45) is 0. The lowest BCUT2D eigenvalue weighted by Crippen LogP contribution is -1.89. The van der Waals surface area contributed by atoms with E-state index in [9.17, 15) is 4.79 Å². The fourth-order valence-electron chi connectivity index (χ4n) is 1.37. The second-order valence-corrected chi connectivity index (χ2v) is 4.32. The van der Waals surface area contributed by atoms with Crippen LogP contribution in [0.1, 0.15) is 22.3 Å². The van der Waals surface area contributed by atoms with Crippen molar-refractivity contribution in [1.29, 1.82) is 0 Å². The molecule has 0 saturated carbocycles. The molecule has 0 fully saturated rings. The lowest BCUT2D eigenvalue weighted by molar-refractivity contribution is 0.101. The number of hydrogen-bond acceptors (Lipinski definition) is 3. The molecule has 76 valence electrons. The number of aryl methyl sites for hydroxylation is 1.